The summed E-state index contributed by atoms with van der Waals surface area (Å²) in [5.74, 6) is 0.522. The Kier molecular flexibility index (Phi) is 6.26. The first kappa shape index (κ1) is 19.5. The minimum atomic E-state index is -0.248. The summed E-state index contributed by atoms with van der Waals surface area (Å²) >= 11 is 3.32. The van der Waals surface area contributed by atoms with Gasteiger partial charge in [-0.15, -0.1) is 0 Å². The number of aromatic amines is 1. The van der Waals surface area contributed by atoms with E-state index in [1.807, 2.05) is 12.1 Å². The number of amides is 2. The summed E-state index contributed by atoms with van der Waals surface area (Å²) in [6, 6.07) is 5.39. The van der Waals surface area contributed by atoms with Crippen LogP contribution in [0.4, 0.5) is 5.82 Å². The number of likely N-dealkylation sites (tertiary alicyclic amines) is 1. The van der Waals surface area contributed by atoms with Gasteiger partial charge in [0.25, 0.3) is 5.91 Å². The number of nitrogens with one attached hydrogen (secondary N) is 2. The third-order valence-electron chi connectivity index (χ3n) is 4.54. The second-order valence-corrected chi connectivity index (χ2v) is 8.23. The molecule has 7 nitrogen and oxygen atoms in total. The second-order valence-electron chi connectivity index (χ2n) is 7.32. The first-order chi connectivity index (χ1) is 12.9. The Balaban J connectivity index is 1.61. The van der Waals surface area contributed by atoms with Gasteiger partial charge in [-0.25, -0.2) is 4.98 Å². The molecule has 1 atom stereocenters. The number of halogens is 1. The van der Waals surface area contributed by atoms with Gasteiger partial charge in [-0.3, -0.25) is 14.7 Å². The minimum Gasteiger partial charge on any atom is -0.336 e. The van der Waals surface area contributed by atoms with E-state index in [0.29, 0.717) is 30.5 Å². The monoisotopic (exact) mass is 433 g/mol. The van der Waals surface area contributed by atoms with Crippen molar-refractivity contribution in [1.82, 2.24) is 20.1 Å². The molecule has 8 heteroatoms. The Bertz CT molecular complexity index is 803. The standard InChI is InChI=1S/C19H24BrN5O2/c1-12(2)8-15-9-16(24-23-15)19(27)25-7-3-4-13(11-25)18(26)22-17-6-5-14(20)10-21-17/h5-6,9-10,12-13H,3-4,7-8,11H2,1-2H3,(H,23,24)(H,21,22,26). The molecular formula is C19H24BrN5O2. The molecule has 2 N–H and O–H groups in total. The zero-order valence-corrected chi connectivity index (χ0v) is 17.1. The Morgan fingerprint density at radius 2 is 2.22 bits per heavy atom. The summed E-state index contributed by atoms with van der Waals surface area (Å²) in [6.45, 7) is 5.28. The van der Waals surface area contributed by atoms with Crippen molar-refractivity contribution in [3.05, 3.63) is 40.3 Å². The number of anilines is 1. The lowest BCUT2D eigenvalue weighted by Crippen LogP contribution is -2.44. The molecule has 0 bridgehead atoms. The average Bonchev–Trinajstić information content (AvgIpc) is 3.10. The summed E-state index contributed by atoms with van der Waals surface area (Å²) < 4.78 is 0.853. The van der Waals surface area contributed by atoms with Crippen molar-refractivity contribution in [2.75, 3.05) is 18.4 Å². The normalized spacial score (nSPS) is 17.2. The van der Waals surface area contributed by atoms with E-state index < -0.39 is 0 Å². The van der Waals surface area contributed by atoms with Crippen LogP contribution in [0.1, 0.15) is 42.9 Å². The first-order valence-corrected chi connectivity index (χ1v) is 9.97. The number of pyridine rings is 1. The number of hydrogen-bond acceptors (Lipinski definition) is 4. The van der Waals surface area contributed by atoms with Crippen LogP contribution in [0.2, 0.25) is 0 Å². The fourth-order valence-electron chi connectivity index (χ4n) is 3.23. The molecule has 27 heavy (non-hydrogen) atoms. The molecule has 0 aromatic carbocycles. The zero-order chi connectivity index (χ0) is 19.4. The molecule has 0 saturated carbocycles. The highest BCUT2D eigenvalue weighted by atomic mass is 79.9. The lowest BCUT2D eigenvalue weighted by molar-refractivity contribution is -0.121. The first-order valence-electron chi connectivity index (χ1n) is 9.18. The minimum absolute atomic E-state index is 0.107. The Hall–Kier alpha value is -2.22. The molecule has 2 amide bonds. The largest absolute Gasteiger partial charge is 0.336 e. The van der Waals surface area contributed by atoms with Crippen LogP contribution in [0, 0.1) is 11.8 Å². The van der Waals surface area contributed by atoms with Gasteiger partial charge in [0.15, 0.2) is 0 Å². The van der Waals surface area contributed by atoms with E-state index in [1.165, 1.54) is 0 Å². The maximum Gasteiger partial charge on any atom is 0.274 e. The molecule has 2 aromatic heterocycles. The summed E-state index contributed by atoms with van der Waals surface area (Å²) in [6.07, 6.45) is 4.04. The molecule has 1 unspecified atom stereocenters. The second kappa shape index (κ2) is 8.65. The van der Waals surface area contributed by atoms with E-state index in [-0.39, 0.29) is 17.7 Å². The van der Waals surface area contributed by atoms with Crippen LogP contribution >= 0.6 is 15.9 Å². The lowest BCUT2D eigenvalue weighted by atomic mass is 9.97. The van der Waals surface area contributed by atoms with E-state index in [1.54, 1.807) is 17.2 Å². The maximum absolute atomic E-state index is 12.8. The highest BCUT2D eigenvalue weighted by Crippen LogP contribution is 2.21. The molecule has 3 heterocycles. The smallest absolute Gasteiger partial charge is 0.274 e. The van der Waals surface area contributed by atoms with Crippen LogP contribution in [0.5, 0.6) is 0 Å². The van der Waals surface area contributed by atoms with E-state index in [0.717, 1.165) is 29.4 Å². The molecule has 144 valence electrons. The highest BCUT2D eigenvalue weighted by Gasteiger charge is 2.30. The van der Waals surface area contributed by atoms with Gasteiger partial charge in [-0.2, -0.15) is 5.10 Å². The van der Waals surface area contributed by atoms with Crippen molar-refractivity contribution < 1.29 is 9.59 Å². The van der Waals surface area contributed by atoms with Crippen LogP contribution in [-0.2, 0) is 11.2 Å². The molecule has 1 saturated heterocycles. The van der Waals surface area contributed by atoms with Crippen molar-refractivity contribution >= 4 is 33.6 Å². The number of rotatable bonds is 5. The van der Waals surface area contributed by atoms with Crippen LogP contribution in [-0.4, -0.2) is 45.0 Å². The summed E-state index contributed by atoms with van der Waals surface area (Å²) in [5, 5.41) is 9.93. The predicted octanol–water partition coefficient (Wildman–Crippen LogP) is 3.26. The van der Waals surface area contributed by atoms with Crippen molar-refractivity contribution in [2.45, 2.75) is 33.1 Å². The Morgan fingerprint density at radius 3 is 2.93 bits per heavy atom. The van der Waals surface area contributed by atoms with Crippen LogP contribution in [0.25, 0.3) is 0 Å². The third kappa shape index (κ3) is 5.15. The quantitative estimate of drug-likeness (QED) is 0.756. The van der Waals surface area contributed by atoms with Crippen molar-refractivity contribution in [3.63, 3.8) is 0 Å². The topological polar surface area (TPSA) is 91.0 Å². The van der Waals surface area contributed by atoms with E-state index in [9.17, 15) is 9.59 Å². The molecule has 3 rings (SSSR count). The summed E-state index contributed by atoms with van der Waals surface area (Å²) in [5.41, 5.74) is 1.38. The van der Waals surface area contributed by atoms with Gasteiger partial charge in [0, 0.05) is 29.5 Å². The molecule has 2 aromatic rings. The van der Waals surface area contributed by atoms with E-state index >= 15 is 0 Å². The van der Waals surface area contributed by atoms with Crippen LogP contribution in [0.15, 0.2) is 28.9 Å². The van der Waals surface area contributed by atoms with Gasteiger partial charge >= 0.3 is 0 Å². The van der Waals surface area contributed by atoms with Crippen LogP contribution < -0.4 is 5.32 Å². The Morgan fingerprint density at radius 1 is 1.41 bits per heavy atom. The van der Waals surface area contributed by atoms with Crippen LogP contribution in [0.3, 0.4) is 0 Å². The number of piperidine rings is 1. The fourth-order valence-corrected chi connectivity index (χ4v) is 3.47. The third-order valence-corrected chi connectivity index (χ3v) is 5.01. The number of carbonyl (C=O) groups excluding carboxylic acids is 2. The number of carbonyl (C=O) groups is 2. The number of nitrogens with zero attached hydrogens (tertiary/aromatic N) is 3. The van der Waals surface area contributed by atoms with Crippen molar-refractivity contribution in [3.8, 4) is 0 Å². The SMILES string of the molecule is CC(C)Cc1cc(C(=O)N2CCCC(C(=O)Nc3ccc(Br)cn3)C2)n[nH]1. The summed E-state index contributed by atoms with van der Waals surface area (Å²) in [4.78, 5) is 31.2. The molecule has 1 aliphatic heterocycles. The molecule has 0 spiro atoms. The molecule has 0 aliphatic carbocycles. The zero-order valence-electron chi connectivity index (χ0n) is 15.5. The molecule has 0 radical (unpaired) electrons. The van der Waals surface area contributed by atoms with Gasteiger partial charge in [0.05, 0.1) is 5.92 Å². The van der Waals surface area contributed by atoms with Gasteiger partial charge in [0.1, 0.15) is 11.5 Å². The predicted molar refractivity (Wildman–Crippen MR) is 106 cm³/mol. The van der Waals surface area contributed by atoms with E-state index in [2.05, 4.69) is 50.3 Å². The lowest BCUT2D eigenvalue weighted by Gasteiger charge is -2.31. The van der Waals surface area contributed by atoms with Crippen molar-refractivity contribution in [1.29, 1.82) is 0 Å². The molecule has 1 aliphatic rings. The van der Waals surface area contributed by atoms with Gasteiger partial charge in [-0.05, 0) is 59.3 Å². The fraction of sp³-hybridized carbons (Fsp3) is 0.474. The average molecular weight is 434 g/mol. The maximum atomic E-state index is 12.8. The number of hydrogen-bond donors (Lipinski definition) is 2. The van der Waals surface area contributed by atoms with Gasteiger partial charge in [-0.1, -0.05) is 13.8 Å². The molecule has 1 fully saturated rings. The Labute approximate surface area is 167 Å². The van der Waals surface area contributed by atoms with Gasteiger partial charge in [0.2, 0.25) is 5.91 Å². The van der Waals surface area contributed by atoms with Crippen molar-refractivity contribution in [2.24, 2.45) is 11.8 Å². The number of aromatic nitrogens is 3. The molecular weight excluding hydrogens is 410 g/mol. The van der Waals surface area contributed by atoms with Gasteiger partial charge < -0.3 is 10.2 Å². The summed E-state index contributed by atoms with van der Waals surface area (Å²) in [7, 11) is 0. The number of H-pyrrole nitrogens is 1. The van der Waals surface area contributed by atoms with E-state index in [4.69, 9.17) is 0 Å². The highest BCUT2D eigenvalue weighted by molar-refractivity contribution is 9.10.